The van der Waals surface area contributed by atoms with E-state index in [1.807, 2.05) is 31.2 Å². The summed E-state index contributed by atoms with van der Waals surface area (Å²) in [4.78, 5) is 0. The molecule has 0 radical (unpaired) electrons. The molecule has 1 heterocycles. The van der Waals surface area contributed by atoms with Crippen LogP contribution in [-0.2, 0) is 0 Å². The number of hydrogen-bond acceptors (Lipinski definition) is 4. The molecule has 0 aliphatic heterocycles. The summed E-state index contributed by atoms with van der Waals surface area (Å²) in [6, 6.07) is 13.2. The summed E-state index contributed by atoms with van der Waals surface area (Å²) in [5.74, 6) is 0.600. The largest absolute Gasteiger partial charge is 0.399 e. The third-order valence-electron chi connectivity index (χ3n) is 2.93. The zero-order chi connectivity index (χ0) is 14.1. The van der Waals surface area contributed by atoms with Crippen molar-refractivity contribution in [2.75, 3.05) is 5.73 Å². The fourth-order valence-electron chi connectivity index (χ4n) is 1.97. The Morgan fingerprint density at radius 1 is 1.10 bits per heavy atom. The van der Waals surface area contributed by atoms with E-state index in [1.165, 1.54) is 5.56 Å². The zero-order valence-electron chi connectivity index (χ0n) is 10.8. The SMILES string of the molecule is Cc1ccc(-n2nnnc2-c2cc(N)cc(Cl)c2)cc1. The fourth-order valence-corrected chi connectivity index (χ4v) is 2.21. The van der Waals surface area contributed by atoms with Crippen molar-refractivity contribution < 1.29 is 0 Å². The first kappa shape index (κ1) is 12.6. The highest BCUT2D eigenvalue weighted by atomic mass is 35.5. The van der Waals surface area contributed by atoms with E-state index in [-0.39, 0.29) is 0 Å². The molecule has 0 fully saturated rings. The van der Waals surface area contributed by atoms with E-state index in [4.69, 9.17) is 17.3 Å². The Kier molecular flexibility index (Phi) is 3.12. The maximum Gasteiger partial charge on any atom is 0.187 e. The van der Waals surface area contributed by atoms with E-state index in [0.29, 0.717) is 16.5 Å². The number of aryl methyl sites for hydroxylation is 1. The van der Waals surface area contributed by atoms with Crippen LogP contribution >= 0.6 is 11.6 Å². The van der Waals surface area contributed by atoms with E-state index < -0.39 is 0 Å². The topological polar surface area (TPSA) is 69.6 Å². The fraction of sp³-hybridized carbons (Fsp3) is 0.0714. The van der Waals surface area contributed by atoms with Gasteiger partial charge in [0.15, 0.2) is 5.82 Å². The summed E-state index contributed by atoms with van der Waals surface area (Å²) in [7, 11) is 0. The molecule has 0 amide bonds. The van der Waals surface area contributed by atoms with Crippen LogP contribution in [0.3, 0.4) is 0 Å². The number of rotatable bonds is 2. The van der Waals surface area contributed by atoms with Crippen LogP contribution in [0.2, 0.25) is 5.02 Å². The summed E-state index contributed by atoms with van der Waals surface area (Å²) >= 11 is 6.03. The van der Waals surface area contributed by atoms with Crippen LogP contribution in [0.25, 0.3) is 17.1 Å². The predicted octanol–water partition coefficient (Wildman–Crippen LogP) is 2.87. The minimum Gasteiger partial charge on any atom is -0.399 e. The minimum atomic E-state index is 0.554. The molecule has 0 saturated carbocycles. The molecule has 100 valence electrons. The number of nitrogens with zero attached hydrogens (tertiary/aromatic N) is 4. The molecular formula is C14H12ClN5. The minimum absolute atomic E-state index is 0.554. The van der Waals surface area contributed by atoms with Crippen LogP contribution in [0, 0.1) is 6.92 Å². The maximum atomic E-state index is 6.03. The monoisotopic (exact) mass is 285 g/mol. The highest BCUT2D eigenvalue weighted by Crippen LogP contribution is 2.25. The molecule has 1 aromatic heterocycles. The van der Waals surface area contributed by atoms with Crippen molar-refractivity contribution >= 4 is 17.3 Å². The number of benzene rings is 2. The lowest BCUT2D eigenvalue weighted by molar-refractivity contribution is 0.791. The molecule has 5 nitrogen and oxygen atoms in total. The molecule has 0 unspecified atom stereocenters. The molecule has 0 aliphatic rings. The molecule has 0 bridgehead atoms. The van der Waals surface area contributed by atoms with Crippen molar-refractivity contribution in [3.63, 3.8) is 0 Å². The smallest absolute Gasteiger partial charge is 0.187 e. The molecule has 0 aliphatic carbocycles. The molecule has 0 spiro atoms. The van der Waals surface area contributed by atoms with Gasteiger partial charge in [0, 0.05) is 16.3 Å². The Morgan fingerprint density at radius 3 is 2.55 bits per heavy atom. The Bertz CT molecular complexity index is 728. The number of hydrogen-bond donors (Lipinski definition) is 1. The van der Waals surface area contributed by atoms with Gasteiger partial charge in [-0.25, -0.2) is 0 Å². The molecule has 6 heteroatoms. The normalized spacial score (nSPS) is 10.7. The van der Waals surface area contributed by atoms with E-state index in [2.05, 4.69) is 15.5 Å². The van der Waals surface area contributed by atoms with Crippen LogP contribution in [-0.4, -0.2) is 20.2 Å². The molecule has 0 atom stereocenters. The third kappa shape index (κ3) is 2.35. The average molecular weight is 286 g/mol. The van der Waals surface area contributed by atoms with E-state index >= 15 is 0 Å². The highest BCUT2D eigenvalue weighted by Gasteiger charge is 2.11. The second kappa shape index (κ2) is 4.94. The van der Waals surface area contributed by atoms with Crippen LogP contribution in [0.1, 0.15) is 5.56 Å². The van der Waals surface area contributed by atoms with Crippen molar-refractivity contribution in [1.29, 1.82) is 0 Å². The van der Waals surface area contributed by atoms with Gasteiger partial charge in [0.2, 0.25) is 0 Å². The molecular weight excluding hydrogens is 274 g/mol. The van der Waals surface area contributed by atoms with Gasteiger partial charge in [-0.3, -0.25) is 0 Å². The molecule has 0 saturated heterocycles. The number of tetrazole rings is 1. The van der Waals surface area contributed by atoms with Gasteiger partial charge in [-0.2, -0.15) is 4.68 Å². The Hall–Kier alpha value is -2.40. The average Bonchev–Trinajstić information content (AvgIpc) is 2.87. The van der Waals surface area contributed by atoms with Gasteiger partial charge in [0.25, 0.3) is 0 Å². The van der Waals surface area contributed by atoms with E-state index in [1.54, 1.807) is 22.9 Å². The van der Waals surface area contributed by atoms with Crippen molar-refractivity contribution in [3.05, 3.63) is 53.1 Å². The van der Waals surface area contributed by atoms with Gasteiger partial charge in [0.05, 0.1) is 5.69 Å². The highest BCUT2D eigenvalue weighted by molar-refractivity contribution is 6.31. The van der Waals surface area contributed by atoms with E-state index in [0.717, 1.165) is 11.3 Å². The van der Waals surface area contributed by atoms with Gasteiger partial charge >= 0.3 is 0 Å². The molecule has 3 rings (SSSR count). The molecule has 3 aromatic rings. The van der Waals surface area contributed by atoms with Crippen LogP contribution in [0.5, 0.6) is 0 Å². The first-order chi connectivity index (χ1) is 9.63. The van der Waals surface area contributed by atoms with Gasteiger partial charge in [-0.05, 0) is 47.7 Å². The van der Waals surface area contributed by atoms with E-state index in [9.17, 15) is 0 Å². The van der Waals surface area contributed by atoms with Crippen LogP contribution in [0.15, 0.2) is 42.5 Å². The number of halogens is 1. The first-order valence-corrected chi connectivity index (χ1v) is 6.43. The summed E-state index contributed by atoms with van der Waals surface area (Å²) in [5.41, 5.74) is 9.22. The van der Waals surface area contributed by atoms with Gasteiger partial charge in [-0.1, -0.05) is 29.3 Å². The standard InChI is InChI=1S/C14H12ClN5/c1-9-2-4-13(5-3-9)20-14(17-18-19-20)10-6-11(15)8-12(16)7-10/h2-8H,16H2,1H3. The van der Waals surface area contributed by atoms with Gasteiger partial charge < -0.3 is 5.73 Å². The molecule has 2 N–H and O–H groups in total. The quantitative estimate of drug-likeness (QED) is 0.735. The maximum absolute atomic E-state index is 6.03. The number of nitrogens with two attached hydrogens (primary N) is 1. The lowest BCUT2D eigenvalue weighted by Gasteiger charge is -2.06. The van der Waals surface area contributed by atoms with Crippen molar-refractivity contribution in [1.82, 2.24) is 20.2 Å². The Balaban J connectivity index is 2.12. The molecule has 20 heavy (non-hydrogen) atoms. The van der Waals surface area contributed by atoms with Crippen molar-refractivity contribution in [2.45, 2.75) is 6.92 Å². The summed E-state index contributed by atoms with van der Waals surface area (Å²) in [5, 5.41) is 12.4. The molecule has 2 aromatic carbocycles. The summed E-state index contributed by atoms with van der Waals surface area (Å²) in [6.45, 7) is 2.03. The number of nitrogen functional groups attached to an aromatic ring is 1. The summed E-state index contributed by atoms with van der Waals surface area (Å²) < 4.78 is 1.66. The van der Waals surface area contributed by atoms with Crippen molar-refractivity contribution in [2.24, 2.45) is 0 Å². The van der Waals surface area contributed by atoms with Gasteiger partial charge in [0.1, 0.15) is 0 Å². The first-order valence-electron chi connectivity index (χ1n) is 6.05. The number of aromatic nitrogens is 4. The summed E-state index contributed by atoms with van der Waals surface area (Å²) in [6.07, 6.45) is 0. The van der Waals surface area contributed by atoms with Crippen molar-refractivity contribution in [3.8, 4) is 17.1 Å². The van der Waals surface area contributed by atoms with Crippen LogP contribution in [0.4, 0.5) is 5.69 Å². The number of anilines is 1. The Labute approximate surface area is 121 Å². The predicted molar refractivity (Wildman–Crippen MR) is 78.7 cm³/mol. The Morgan fingerprint density at radius 2 is 1.85 bits per heavy atom. The third-order valence-corrected chi connectivity index (χ3v) is 3.14. The zero-order valence-corrected chi connectivity index (χ0v) is 11.5. The second-order valence-corrected chi connectivity index (χ2v) is 4.96. The second-order valence-electron chi connectivity index (χ2n) is 4.52. The van der Waals surface area contributed by atoms with Crippen LogP contribution < -0.4 is 5.73 Å². The van der Waals surface area contributed by atoms with Gasteiger partial charge in [-0.15, -0.1) is 5.10 Å². The lowest BCUT2D eigenvalue weighted by Crippen LogP contribution is -2.00. The lowest BCUT2D eigenvalue weighted by atomic mass is 10.2.